The third kappa shape index (κ3) is 1.64. The average Bonchev–Trinajstić information content (AvgIpc) is 2.07. The second kappa shape index (κ2) is 3.47. The van der Waals surface area contributed by atoms with E-state index in [9.17, 15) is 0 Å². The summed E-state index contributed by atoms with van der Waals surface area (Å²) in [7, 11) is 0. The molecule has 0 radical (unpaired) electrons. The van der Waals surface area contributed by atoms with Gasteiger partial charge in [-0.25, -0.2) is 0 Å². The first-order chi connectivity index (χ1) is 6.07. The summed E-state index contributed by atoms with van der Waals surface area (Å²) in [5, 5.41) is 7.41. The van der Waals surface area contributed by atoms with Gasteiger partial charge in [0.15, 0.2) is 0 Å². The van der Waals surface area contributed by atoms with Crippen LogP contribution < -0.4 is 11.5 Å². The van der Waals surface area contributed by atoms with Crippen LogP contribution in [0.2, 0.25) is 0 Å². The Balaban J connectivity index is 3.43. The minimum absolute atomic E-state index is 0.0538. The number of amidine groups is 1. The lowest BCUT2D eigenvalue weighted by Crippen LogP contribution is -2.17. The molecule has 3 heteroatoms. The van der Waals surface area contributed by atoms with Gasteiger partial charge in [0.25, 0.3) is 0 Å². The maximum atomic E-state index is 7.41. The zero-order chi connectivity index (χ0) is 10.0. The van der Waals surface area contributed by atoms with E-state index in [-0.39, 0.29) is 5.84 Å². The van der Waals surface area contributed by atoms with Crippen LogP contribution in [0.5, 0.6) is 0 Å². The third-order valence-electron chi connectivity index (χ3n) is 2.20. The minimum atomic E-state index is 0.0538. The fourth-order valence-electron chi connectivity index (χ4n) is 1.54. The normalized spacial score (nSPS) is 10.0. The zero-order valence-corrected chi connectivity index (χ0v) is 8.02. The maximum Gasteiger partial charge on any atom is 0.125 e. The summed E-state index contributed by atoms with van der Waals surface area (Å²) in [6, 6.07) is 3.76. The highest BCUT2D eigenvalue weighted by atomic mass is 14.7. The molecule has 13 heavy (non-hydrogen) atoms. The lowest BCUT2D eigenvalue weighted by Gasteiger charge is -2.12. The molecule has 0 aliphatic carbocycles. The van der Waals surface area contributed by atoms with Gasteiger partial charge in [0, 0.05) is 11.3 Å². The summed E-state index contributed by atoms with van der Waals surface area (Å²) in [5.41, 5.74) is 14.7. The van der Waals surface area contributed by atoms with Gasteiger partial charge < -0.3 is 11.5 Å². The van der Waals surface area contributed by atoms with Gasteiger partial charge >= 0.3 is 0 Å². The van der Waals surface area contributed by atoms with Crippen molar-refractivity contribution in [1.82, 2.24) is 0 Å². The van der Waals surface area contributed by atoms with Crippen molar-refractivity contribution in [3.05, 3.63) is 28.8 Å². The van der Waals surface area contributed by atoms with Gasteiger partial charge in [-0.1, -0.05) is 13.0 Å². The molecular weight excluding hydrogens is 162 g/mol. The Morgan fingerprint density at radius 3 is 2.46 bits per heavy atom. The summed E-state index contributed by atoms with van der Waals surface area (Å²) >= 11 is 0. The van der Waals surface area contributed by atoms with Crippen LogP contribution in [0, 0.1) is 12.3 Å². The van der Waals surface area contributed by atoms with E-state index in [1.165, 1.54) is 0 Å². The van der Waals surface area contributed by atoms with E-state index >= 15 is 0 Å². The Kier molecular flexibility index (Phi) is 2.56. The number of nitrogens with two attached hydrogens (primary N) is 2. The first kappa shape index (κ1) is 9.58. The van der Waals surface area contributed by atoms with E-state index in [1.54, 1.807) is 6.07 Å². The number of nitrogen functional groups attached to an aromatic ring is 2. The molecule has 0 saturated heterocycles. The Morgan fingerprint density at radius 2 is 2.08 bits per heavy atom. The van der Waals surface area contributed by atoms with Crippen molar-refractivity contribution in [3.8, 4) is 0 Å². The van der Waals surface area contributed by atoms with Crippen LogP contribution in [-0.2, 0) is 6.42 Å². The second-order valence-electron chi connectivity index (χ2n) is 3.09. The molecule has 0 heterocycles. The van der Waals surface area contributed by atoms with Crippen molar-refractivity contribution in [1.29, 1.82) is 5.41 Å². The number of hydrogen-bond donors (Lipinski definition) is 3. The SMILES string of the molecule is CCc1c(C)ccc(N)c1C(=N)N. The predicted octanol–water partition coefficient (Wildman–Crippen LogP) is 1.42. The molecule has 5 N–H and O–H groups in total. The standard InChI is InChI=1S/C10H15N3/c1-3-7-6(2)4-5-8(11)9(7)10(12)13/h4-5H,3,11H2,1-2H3,(H3,12,13). The first-order valence-corrected chi connectivity index (χ1v) is 4.30. The largest absolute Gasteiger partial charge is 0.398 e. The molecule has 0 aliphatic rings. The zero-order valence-electron chi connectivity index (χ0n) is 8.02. The van der Waals surface area contributed by atoms with Gasteiger partial charge in [0.05, 0.1) is 0 Å². The van der Waals surface area contributed by atoms with Gasteiger partial charge in [-0.05, 0) is 30.5 Å². The molecule has 0 atom stereocenters. The van der Waals surface area contributed by atoms with Gasteiger partial charge in [-0.3, -0.25) is 5.41 Å². The number of hydrogen-bond acceptors (Lipinski definition) is 2. The minimum Gasteiger partial charge on any atom is -0.398 e. The van der Waals surface area contributed by atoms with Crippen LogP contribution in [-0.4, -0.2) is 5.84 Å². The van der Waals surface area contributed by atoms with Crippen molar-refractivity contribution in [2.75, 3.05) is 5.73 Å². The van der Waals surface area contributed by atoms with E-state index in [2.05, 4.69) is 0 Å². The fourth-order valence-corrected chi connectivity index (χ4v) is 1.54. The monoisotopic (exact) mass is 177 g/mol. The molecule has 0 bridgehead atoms. The maximum absolute atomic E-state index is 7.41. The number of nitrogens with one attached hydrogen (secondary N) is 1. The van der Waals surface area contributed by atoms with Crippen molar-refractivity contribution >= 4 is 11.5 Å². The third-order valence-corrected chi connectivity index (χ3v) is 2.20. The molecule has 1 aromatic rings. The smallest absolute Gasteiger partial charge is 0.125 e. The van der Waals surface area contributed by atoms with Crippen LogP contribution in [0.3, 0.4) is 0 Å². The molecule has 0 aliphatic heterocycles. The van der Waals surface area contributed by atoms with E-state index in [4.69, 9.17) is 16.9 Å². The van der Waals surface area contributed by atoms with E-state index in [0.717, 1.165) is 17.5 Å². The Bertz CT molecular complexity index is 342. The van der Waals surface area contributed by atoms with E-state index in [1.807, 2.05) is 19.9 Å². The highest BCUT2D eigenvalue weighted by Crippen LogP contribution is 2.20. The average molecular weight is 177 g/mol. The fraction of sp³-hybridized carbons (Fsp3) is 0.300. The lowest BCUT2D eigenvalue weighted by molar-refractivity contribution is 1.10. The van der Waals surface area contributed by atoms with E-state index in [0.29, 0.717) is 11.3 Å². The van der Waals surface area contributed by atoms with Crippen LogP contribution in [0.25, 0.3) is 0 Å². The molecule has 70 valence electrons. The second-order valence-corrected chi connectivity index (χ2v) is 3.09. The summed E-state index contributed by atoms with van der Waals surface area (Å²) in [6.07, 6.45) is 0.853. The predicted molar refractivity (Wildman–Crippen MR) is 56.0 cm³/mol. The van der Waals surface area contributed by atoms with Crippen molar-refractivity contribution < 1.29 is 0 Å². The highest BCUT2D eigenvalue weighted by Gasteiger charge is 2.09. The Morgan fingerprint density at radius 1 is 1.46 bits per heavy atom. The number of rotatable bonds is 2. The van der Waals surface area contributed by atoms with Crippen molar-refractivity contribution in [2.24, 2.45) is 5.73 Å². The summed E-state index contributed by atoms with van der Waals surface area (Å²) < 4.78 is 0. The molecule has 0 fully saturated rings. The molecule has 1 aromatic carbocycles. The molecular formula is C10H15N3. The van der Waals surface area contributed by atoms with Gasteiger partial charge in [-0.2, -0.15) is 0 Å². The summed E-state index contributed by atoms with van der Waals surface area (Å²) in [6.45, 7) is 4.04. The molecule has 0 saturated carbocycles. The van der Waals surface area contributed by atoms with Crippen LogP contribution in [0.4, 0.5) is 5.69 Å². The molecule has 3 nitrogen and oxygen atoms in total. The van der Waals surface area contributed by atoms with Gasteiger partial charge in [0.1, 0.15) is 5.84 Å². The first-order valence-electron chi connectivity index (χ1n) is 4.30. The molecule has 0 spiro atoms. The molecule has 0 amide bonds. The highest BCUT2D eigenvalue weighted by molar-refractivity contribution is 6.01. The van der Waals surface area contributed by atoms with Crippen LogP contribution in [0.1, 0.15) is 23.6 Å². The number of aryl methyl sites for hydroxylation is 1. The number of anilines is 1. The topological polar surface area (TPSA) is 75.9 Å². The quantitative estimate of drug-likeness (QED) is 0.363. The van der Waals surface area contributed by atoms with Crippen molar-refractivity contribution in [2.45, 2.75) is 20.3 Å². The number of benzene rings is 1. The van der Waals surface area contributed by atoms with Crippen LogP contribution in [0.15, 0.2) is 12.1 Å². The van der Waals surface area contributed by atoms with Gasteiger partial charge in [0.2, 0.25) is 0 Å². The van der Waals surface area contributed by atoms with Crippen LogP contribution >= 0.6 is 0 Å². The summed E-state index contributed by atoms with van der Waals surface area (Å²) in [5.74, 6) is 0.0538. The Hall–Kier alpha value is -1.51. The lowest BCUT2D eigenvalue weighted by atomic mass is 9.97. The molecule has 0 unspecified atom stereocenters. The van der Waals surface area contributed by atoms with Gasteiger partial charge in [-0.15, -0.1) is 0 Å². The Labute approximate surface area is 78.3 Å². The molecule has 1 rings (SSSR count). The summed E-state index contributed by atoms with van der Waals surface area (Å²) in [4.78, 5) is 0. The van der Waals surface area contributed by atoms with Crippen molar-refractivity contribution in [3.63, 3.8) is 0 Å². The molecule has 0 aromatic heterocycles. The van der Waals surface area contributed by atoms with E-state index < -0.39 is 0 Å².